The number of non-ortho nitro benzene ring substituents is 1. The van der Waals surface area contributed by atoms with Crippen LogP contribution in [-0.4, -0.2) is 20.6 Å². The summed E-state index contributed by atoms with van der Waals surface area (Å²) >= 11 is 0. The number of Topliss-reactive ketones (excluding diaryl/α,β-unsaturated/α-hetero) is 1. The van der Waals surface area contributed by atoms with Crippen LogP contribution >= 0.6 is 0 Å². The fraction of sp³-hybridized carbons (Fsp3) is 0.364. The maximum absolute atomic E-state index is 11.6. The van der Waals surface area contributed by atoms with Gasteiger partial charge in [-0.2, -0.15) is 0 Å². The van der Waals surface area contributed by atoms with Crippen LogP contribution in [0.1, 0.15) is 13.8 Å². The van der Waals surface area contributed by atoms with Crippen LogP contribution in [0.3, 0.4) is 0 Å². The van der Waals surface area contributed by atoms with Gasteiger partial charge in [0.05, 0.1) is 22.1 Å². The molecule has 0 saturated carbocycles. The van der Waals surface area contributed by atoms with E-state index in [1.807, 2.05) is 0 Å². The summed E-state index contributed by atoms with van der Waals surface area (Å²) in [6.45, 7) is 3.46. The highest BCUT2D eigenvalue weighted by atomic mass is 16.6. The van der Waals surface area contributed by atoms with Crippen molar-refractivity contribution in [3.05, 3.63) is 33.5 Å². The predicted octanol–water partition coefficient (Wildman–Crippen LogP) is 0.803. The van der Waals surface area contributed by atoms with Gasteiger partial charge in [-0.25, -0.2) is 0 Å². The van der Waals surface area contributed by atoms with E-state index in [2.05, 4.69) is 5.21 Å². The predicted molar refractivity (Wildman–Crippen MR) is 65.2 cm³/mol. The third-order valence-electron chi connectivity index (χ3n) is 2.98. The zero-order valence-electron chi connectivity index (χ0n) is 10.4. The Hall–Kier alpha value is -2.51. The first-order valence-corrected chi connectivity index (χ1v) is 5.65. The molecule has 8 heteroatoms. The molecule has 8 nitrogen and oxygen atoms in total. The van der Waals surface area contributed by atoms with Crippen molar-refractivity contribution in [1.29, 1.82) is 0 Å². The largest absolute Gasteiger partial charge is 0.691 e. The van der Waals surface area contributed by atoms with Crippen molar-refractivity contribution in [3.63, 3.8) is 0 Å². The van der Waals surface area contributed by atoms with Gasteiger partial charge in [0.2, 0.25) is 5.52 Å². The fourth-order valence-corrected chi connectivity index (χ4v) is 1.71. The molecule has 1 aromatic carbocycles. The zero-order chi connectivity index (χ0) is 14.2. The number of hydrogen-bond donors (Lipinski definition) is 0. The van der Waals surface area contributed by atoms with Gasteiger partial charge in [-0.3, -0.25) is 14.9 Å². The normalized spacial score (nSPS) is 12.5. The fourth-order valence-electron chi connectivity index (χ4n) is 1.71. The van der Waals surface area contributed by atoms with Gasteiger partial charge >= 0.3 is 0 Å². The van der Waals surface area contributed by atoms with Crippen LogP contribution in [0.25, 0.3) is 11.0 Å². The summed E-state index contributed by atoms with van der Waals surface area (Å²) in [6.07, 6.45) is 0. The van der Waals surface area contributed by atoms with Gasteiger partial charge in [-0.05, 0) is 13.0 Å². The van der Waals surface area contributed by atoms with Crippen LogP contribution < -0.4 is 4.85 Å². The van der Waals surface area contributed by atoms with E-state index in [4.69, 9.17) is 0 Å². The summed E-state index contributed by atoms with van der Waals surface area (Å²) in [5.74, 6) is -0.290. The first-order valence-electron chi connectivity index (χ1n) is 5.65. The number of hydrogen-bond acceptors (Lipinski definition) is 5. The Morgan fingerprint density at radius 3 is 2.84 bits per heavy atom. The van der Waals surface area contributed by atoms with E-state index >= 15 is 0 Å². The average Bonchev–Trinajstić information content (AvgIpc) is 2.65. The second-order valence-corrected chi connectivity index (χ2v) is 4.39. The van der Waals surface area contributed by atoms with E-state index in [1.165, 1.54) is 29.8 Å². The summed E-state index contributed by atoms with van der Waals surface area (Å²) in [4.78, 5) is 21.6. The Morgan fingerprint density at radius 1 is 1.58 bits per heavy atom. The topological polar surface area (TPSA) is 105 Å². The summed E-state index contributed by atoms with van der Waals surface area (Å²) in [7, 11) is 0. The molecule has 0 bridgehead atoms. The van der Waals surface area contributed by atoms with Crippen molar-refractivity contribution in [1.82, 2.24) is 9.90 Å². The molecular weight excluding hydrogens is 252 g/mol. The molecule has 0 aliphatic heterocycles. The molecule has 2 aromatic rings. The van der Waals surface area contributed by atoms with Crippen LogP contribution in [-0.2, 0) is 11.3 Å². The molecule has 0 spiro atoms. The minimum absolute atomic E-state index is 0.0111. The molecule has 1 heterocycles. The van der Waals surface area contributed by atoms with E-state index in [1.54, 1.807) is 6.92 Å². The standard InChI is InChI=1S/C11H12N4O4/c1-7(8(2)16)6-13-10-4-3-9(15(18)19)5-11(10)14(17)12-13/h3-5,7H,6H2,1-2H3. The van der Waals surface area contributed by atoms with E-state index < -0.39 is 4.92 Å². The second kappa shape index (κ2) is 4.63. The number of nitro groups is 1. The summed E-state index contributed by atoms with van der Waals surface area (Å²) in [5, 5.41) is 26.0. The van der Waals surface area contributed by atoms with Crippen LogP contribution in [0.4, 0.5) is 5.69 Å². The molecule has 19 heavy (non-hydrogen) atoms. The Morgan fingerprint density at radius 2 is 2.26 bits per heavy atom. The number of nitro benzene ring substituents is 1. The lowest BCUT2D eigenvalue weighted by Gasteiger charge is -2.02. The van der Waals surface area contributed by atoms with Gasteiger partial charge in [0.25, 0.3) is 5.69 Å². The maximum atomic E-state index is 11.6. The van der Waals surface area contributed by atoms with E-state index in [9.17, 15) is 20.1 Å². The number of aromatic nitrogens is 3. The smallest absolute Gasteiger partial charge is 0.274 e. The monoisotopic (exact) mass is 264 g/mol. The van der Waals surface area contributed by atoms with Crippen molar-refractivity contribution in [2.75, 3.05) is 0 Å². The molecule has 2 rings (SSSR count). The average molecular weight is 264 g/mol. The molecule has 0 saturated heterocycles. The van der Waals surface area contributed by atoms with Crippen LogP contribution in [0.15, 0.2) is 18.2 Å². The number of carbonyl (C=O) groups excluding carboxylic acids is 1. The van der Waals surface area contributed by atoms with Gasteiger partial charge in [-0.1, -0.05) is 6.92 Å². The number of nitrogens with zero attached hydrogens (tertiary/aromatic N) is 4. The second-order valence-electron chi connectivity index (χ2n) is 4.39. The zero-order valence-corrected chi connectivity index (χ0v) is 10.4. The van der Waals surface area contributed by atoms with E-state index in [0.29, 0.717) is 10.4 Å². The van der Waals surface area contributed by atoms with Gasteiger partial charge in [0.1, 0.15) is 12.3 Å². The first kappa shape index (κ1) is 12.9. The van der Waals surface area contributed by atoms with E-state index in [0.717, 1.165) is 0 Å². The highest BCUT2D eigenvalue weighted by molar-refractivity contribution is 5.78. The lowest BCUT2D eigenvalue weighted by molar-refractivity contribution is -0.646. The molecule has 0 aliphatic rings. The van der Waals surface area contributed by atoms with Gasteiger partial charge in [0.15, 0.2) is 5.52 Å². The quantitative estimate of drug-likeness (QED) is 0.351. The molecular formula is C11H12N4O4. The SMILES string of the molecule is CC(=O)C(C)Cn1n[n+]([O-])c2cc([N+](=O)[O-])ccc21. The Labute approximate surface area is 108 Å². The number of benzene rings is 1. The van der Waals surface area contributed by atoms with Crippen molar-refractivity contribution in [2.24, 2.45) is 5.92 Å². The minimum atomic E-state index is -0.574. The molecule has 0 radical (unpaired) electrons. The van der Waals surface area contributed by atoms with Crippen molar-refractivity contribution >= 4 is 22.5 Å². The lowest BCUT2D eigenvalue weighted by atomic mass is 10.1. The van der Waals surface area contributed by atoms with Crippen molar-refractivity contribution in [2.45, 2.75) is 20.4 Å². The molecule has 0 fully saturated rings. The summed E-state index contributed by atoms with van der Waals surface area (Å²) in [6, 6.07) is 3.94. The molecule has 1 unspecified atom stereocenters. The third kappa shape index (κ3) is 2.37. The maximum Gasteiger partial charge on any atom is 0.274 e. The third-order valence-corrected chi connectivity index (χ3v) is 2.98. The minimum Gasteiger partial charge on any atom is -0.691 e. The number of carbonyl (C=O) groups is 1. The molecule has 100 valence electrons. The van der Waals surface area contributed by atoms with Gasteiger partial charge < -0.3 is 5.21 Å². The molecule has 0 N–H and O–H groups in total. The van der Waals surface area contributed by atoms with Crippen molar-refractivity contribution in [3.8, 4) is 0 Å². The molecule has 0 aliphatic carbocycles. The van der Waals surface area contributed by atoms with Crippen molar-refractivity contribution < 1.29 is 14.6 Å². The highest BCUT2D eigenvalue weighted by Gasteiger charge is 2.21. The Bertz CT molecular complexity index is 664. The Kier molecular flexibility index (Phi) is 3.16. The summed E-state index contributed by atoms with van der Waals surface area (Å²) in [5.41, 5.74) is 0.412. The number of fused-ring (bicyclic) bond motifs is 1. The lowest BCUT2D eigenvalue weighted by Crippen LogP contribution is -2.30. The van der Waals surface area contributed by atoms with E-state index in [-0.39, 0.29) is 29.4 Å². The first-order chi connectivity index (χ1) is 8.90. The van der Waals surface area contributed by atoms with Crippen LogP contribution in [0.5, 0.6) is 0 Å². The summed E-state index contributed by atoms with van der Waals surface area (Å²) < 4.78 is 1.39. The van der Waals surface area contributed by atoms with Gasteiger partial charge in [0, 0.05) is 6.07 Å². The van der Waals surface area contributed by atoms with Gasteiger partial charge in [-0.15, -0.1) is 9.53 Å². The highest BCUT2D eigenvalue weighted by Crippen LogP contribution is 2.18. The Balaban J connectivity index is 2.47. The number of ketones is 1. The van der Waals surface area contributed by atoms with Crippen LogP contribution in [0.2, 0.25) is 0 Å². The number of rotatable bonds is 4. The van der Waals surface area contributed by atoms with Crippen LogP contribution in [0, 0.1) is 21.2 Å². The molecule has 1 atom stereocenters. The molecule has 0 amide bonds. The molecule has 1 aromatic heterocycles.